The van der Waals surface area contributed by atoms with E-state index in [2.05, 4.69) is 22.1 Å². The van der Waals surface area contributed by atoms with Crippen LogP contribution in [-0.4, -0.2) is 23.2 Å². The average Bonchev–Trinajstić information content (AvgIpc) is 2.36. The minimum atomic E-state index is -4.58. The van der Waals surface area contributed by atoms with Crippen LogP contribution in [0.4, 0.5) is 18.0 Å². The van der Waals surface area contributed by atoms with Gasteiger partial charge in [0.05, 0.1) is 5.56 Å². The summed E-state index contributed by atoms with van der Waals surface area (Å²) in [6.07, 6.45) is -3.75. The van der Waals surface area contributed by atoms with Gasteiger partial charge in [-0.2, -0.15) is 13.2 Å². The highest BCUT2D eigenvalue weighted by atomic mass is 35.5. The molecule has 8 heteroatoms. The Morgan fingerprint density at radius 3 is 2.61 bits per heavy atom. The summed E-state index contributed by atoms with van der Waals surface area (Å²) in [6, 6.07) is 0.837. The first-order valence-electron chi connectivity index (χ1n) is 6.67. The molecule has 0 bridgehead atoms. The topological polar surface area (TPSA) is 51.2 Å². The zero-order valence-corrected chi connectivity index (χ0v) is 13.6. The quantitative estimate of drug-likeness (QED) is 0.499. The zero-order valence-electron chi connectivity index (χ0n) is 12.8. The first-order chi connectivity index (χ1) is 10.5. The molecule has 1 aromatic heterocycles. The van der Waals surface area contributed by atoms with Gasteiger partial charge in [0.15, 0.2) is 0 Å². The van der Waals surface area contributed by atoms with Crippen molar-refractivity contribution < 1.29 is 22.7 Å². The molecule has 0 saturated carbocycles. The number of carbonyl (C=O) groups excluding carboxylic acids is 1. The van der Waals surface area contributed by atoms with E-state index in [1.54, 1.807) is 20.8 Å². The van der Waals surface area contributed by atoms with Gasteiger partial charge in [-0.1, -0.05) is 23.4 Å². The number of ether oxygens (including phenoxy) is 1. The molecule has 0 unspecified atom stereocenters. The summed E-state index contributed by atoms with van der Waals surface area (Å²) in [6.45, 7) is 5.42. The normalized spacial score (nSPS) is 11.4. The number of nitrogens with zero attached hydrogens (tertiary/aromatic N) is 1. The van der Waals surface area contributed by atoms with Crippen LogP contribution in [0.5, 0.6) is 0 Å². The van der Waals surface area contributed by atoms with Gasteiger partial charge in [-0.25, -0.2) is 9.78 Å². The molecule has 0 saturated heterocycles. The lowest BCUT2D eigenvalue weighted by Crippen LogP contribution is -2.32. The van der Waals surface area contributed by atoms with Crippen molar-refractivity contribution in [2.24, 2.45) is 0 Å². The number of halogens is 4. The van der Waals surface area contributed by atoms with Gasteiger partial charge in [-0.3, -0.25) is 0 Å². The Bertz CT molecular complexity index is 628. The van der Waals surface area contributed by atoms with E-state index in [0.717, 1.165) is 12.3 Å². The number of rotatable bonds is 2. The Hall–Kier alpha value is -1.94. The van der Waals surface area contributed by atoms with Gasteiger partial charge < -0.3 is 10.1 Å². The van der Waals surface area contributed by atoms with Crippen LogP contribution < -0.4 is 5.32 Å². The van der Waals surface area contributed by atoms with Gasteiger partial charge in [0.2, 0.25) is 0 Å². The van der Waals surface area contributed by atoms with E-state index in [0.29, 0.717) is 0 Å². The fourth-order valence-corrected chi connectivity index (χ4v) is 1.63. The van der Waals surface area contributed by atoms with Crippen molar-refractivity contribution in [3.63, 3.8) is 0 Å². The summed E-state index contributed by atoms with van der Waals surface area (Å²) in [5.41, 5.74) is -1.53. The number of hydrogen-bond acceptors (Lipinski definition) is 3. The summed E-state index contributed by atoms with van der Waals surface area (Å²) in [5.74, 6) is 5.19. The molecular formula is C15H16ClF3N2O2. The van der Waals surface area contributed by atoms with Gasteiger partial charge >= 0.3 is 12.3 Å². The third-order valence-corrected chi connectivity index (χ3v) is 2.60. The van der Waals surface area contributed by atoms with E-state index in [4.69, 9.17) is 16.3 Å². The summed E-state index contributed by atoms with van der Waals surface area (Å²) in [4.78, 5) is 14.8. The second-order valence-electron chi connectivity index (χ2n) is 5.54. The molecule has 0 fully saturated rings. The van der Waals surface area contributed by atoms with Crippen LogP contribution in [0, 0.1) is 11.8 Å². The predicted octanol–water partition coefficient (Wildman–Crippen LogP) is 4.02. The minimum Gasteiger partial charge on any atom is -0.444 e. The lowest BCUT2D eigenvalue weighted by atomic mass is 10.2. The second kappa shape index (κ2) is 7.55. The molecule has 0 aliphatic carbocycles. The van der Waals surface area contributed by atoms with E-state index in [1.807, 2.05) is 0 Å². The number of amides is 1. The van der Waals surface area contributed by atoms with Crippen LogP contribution in [-0.2, 0) is 10.9 Å². The average molecular weight is 349 g/mol. The standard InChI is InChI=1S/C15H16ClF3N2O2/c1-14(2,3)23-13(22)20-7-5-4-6-10-8-11(15(17,18)19)12(16)21-9-10/h8-9H,5,7H2,1-3H3,(H,20,22). The molecular weight excluding hydrogens is 333 g/mol. The Balaban J connectivity index is 2.56. The molecule has 1 amide bonds. The highest BCUT2D eigenvalue weighted by Crippen LogP contribution is 2.33. The molecule has 1 aromatic rings. The molecule has 23 heavy (non-hydrogen) atoms. The Labute approximate surface area is 137 Å². The second-order valence-corrected chi connectivity index (χ2v) is 5.90. The first kappa shape index (κ1) is 19.1. The maximum absolute atomic E-state index is 12.7. The van der Waals surface area contributed by atoms with Crippen molar-refractivity contribution in [1.82, 2.24) is 10.3 Å². The van der Waals surface area contributed by atoms with Crippen molar-refractivity contribution in [1.29, 1.82) is 0 Å². The molecule has 4 nitrogen and oxygen atoms in total. The summed E-state index contributed by atoms with van der Waals surface area (Å²) < 4.78 is 43.0. The van der Waals surface area contributed by atoms with Crippen molar-refractivity contribution in [2.45, 2.75) is 39.0 Å². The van der Waals surface area contributed by atoms with Crippen molar-refractivity contribution in [3.05, 3.63) is 28.5 Å². The Morgan fingerprint density at radius 1 is 1.39 bits per heavy atom. The zero-order chi connectivity index (χ0) is 17.7. The fourth-order valence-electron chi connectivity index (χ4n) is 1.42. The summed E-state index contributed by atoms with van der Waals surface area (Å²) >= 11 is 5.41. The lowest BCUT2D eigenvalue weighted by molar-refractivity contribution is -0.137. The highest BCUT2D eigenvalue weighted by molar-refractivity contribution is 6.30. The lowest BCUT2D eigenvalue weighted by Gasteiger charge is -2.19. The van der Waals surface area contributed by atoms with E-state index in [9.17, 15) is 18.0 Å². The summed E-state index contributed by atoms with van der Waals surface area (Å²) in [5, 5.41) is 1.87. The number of nitrogens with one attached hydrogen (secondary N) is 1. The van der Waals surface area contributed by atoms with Crippen LogP contribution in [0.1, 0.15) is 38.3 Å². The first-order valence-corrected chi connectivity index (χ1v) is 7.05. The number of pyridine rings is 1. The Morgan fingerprint density at radius 2 is 2.04 bits per heavy atom. The molecule has 1 rings (SSSR count). The van der Waals surface area contributed by atoms with Crippen molar-refractivity contribution in [2.75, 3.05) is 6.54 Å². The molecule has 1 heterocycles. The van der Waals surface area contributed by atoms with Gasteiger partial charge in [-0.05, 0) is 26.8 Å². The van der Waals surface area contributed by atoms with Gasteiger partial charge in [-0.15, -0.1) is 0 Å². The number of hydrogen-bond donors (Lipinski definition) is 1. The third kappa shape index (κ3) is 7.24. The predicted molar refractivity (Wildman–Crippen MR) is 80.0 cm³/mol. The van der Waals surface area contributed by atoms with E-state index < -0.39 is 28.6 Å². The molecule has 1 N–H and O–H groups in total. The smallest absolute Gasteiger partial charge is 0.419 e. The summed E-state index contributed by atoms with van der Waals surface area (Å²) in [7, 11) is 0. The van der Waals surface area contributed by atoms with Crippen molar-refractivity contribution in [3.8, 4) is 11.8 Å². The van der Waals surface area contributed by atoms with Crippen LogP contribution in [0.3, 0.4) is 0 Å². The van der Waals surface area contributed by atoms with Gasteiger partial charge in [0.25, 0.3) is 0 Å². The van der Waals surface area contributed by atoms with Crippen LogP contribution in [0.2, 0.25) is 5.15 Å². The van der Waals surface area contributed by atoms with E-state index >= 15 is 0 Å². The highest BCUT2D eigenvalue weighted by Gasteiger charge is 2.34. The molecule has 126 valence electrons. The maximum atomic E-state index is 12.7. The number of carbonyl (C=O) groups is 1. The largest absolute Gasteiger partial charge is 0.444 e. The molecule has 0 spiro atoms. The minimum absolute atomic E-state index is 0.0963. The van der Waals surface area contributed by atoms with E-state index in [1.165, 1.54) is 0 Å². The third-order valence-electron chi connectivity index (χ3n) is 2.30. The van der Waals surface area contributed by atoms with Crippen LogP contribution in [0.25, 0.3) is 0 Å². The van der Waals surface area contributed by atoms with Gasteiger partial charge in [0.1, 0.15) is 10.8 Å². The van der Waals surface area contributed by atoms with Crippen molar-refractivity contribution >= 4 is 17.7 Å². The van der Waals surface area contributed by atoms with Gasteiger partial charge in [0, 0.05) is 24.7 Å². The number of alkyl halides is 3. The van der Waals surface area contributed by atoms with E-state index in [-0.39, 0.29) is 18.5 Å². The number of alkyl carbamates (subject to hydrolysis) is 1. The monoisotopic (exact) mass is 348 g/mol. The van der Waals surface area contributed by atoms with Crippen LogP contribution >= 0.6 is 11.6 Å². The Kier molecular flexibility index (Phi) is 6.28. The maximum Gasteiger partial charge on any atom is 0.419 e. The fraction of sp³-hybridized carbons (Fsp3) is 0.467. The number of aromatic nitrogens is 1. The molecule has 0 aliphatic rings. The molecule has 0 atom stereocenters. The molecule has 0 aromatic carbocycles. The van der Waals surface area contributed by atoms with Crippen LogP contribution in [0.15, 0.2) is 12.3 Å². The SMILES string of the molecule is CC(C)(C)OC(=O)NCCC#Cc1cnc(Cl)c(C(F)(F)F)c1. The molecule has 0 radical (unpaired) electrons. The molecule has 0 aliphatic heterocycles.